The number of anilines is 1. The van der Waals surface area contributed by atoms with E-state index in [2.05, 4.69) is 51.7 Å². The van der Waals surface area contributed by atoms with Gasteiger partial charge in [0.25, 0.3) is 0 Å². The Labute approximate surface area is 232 Å². The van der Waals surface area contributed by atoms with Crippen LogP contribution >= 0.6 is 15.9 Å². The lowest BCUT2D eigenvalue weighted by Crippen LogP contribution is -2.47. The lowest BCUT2D eigenvalue weighted by molar-refractivity contribution is 0.518. The first-order chi connectivity index (χ1) is 18.0. The number of nitrogens with one attached hydrogen (secondary N) is 1. The molecule has 198 valence electrons. The lowest BCUT2D eigenvalue weighted by atomic mass is 9.87. The summed E-state index contributed by atoms with van der Waals surface area (Å²) in [6.45, 7) is 9.08. The molecule has 0 fully saturated rings. The molecule has 0 aliphatic carbocycles. The molecule has 8 nitrogen and oxygen atoms in total. The van der Waals surface area contributed by atoms with Crippen molar-refractivity contribution >= 4 is 43.8 Å². The molecule has 5 rings (SSSR count). The Hall–Kier alpha value is -3.02. The highest BCUT2D eigenvalue weighted by atomic mass is 79.9. The molecule has 0 radical (unpaired) electrons. The van der Waals surface area contributed by atoms with Gasteiger partial charge in [0.15, 0.2) is 11.6 Å². The zero-order chi connectivity index (χ0) is 27.1. The summed E-state index contributed by atoms with van der Waals surface area (Å²) in [6, 6.07) is 8.21. The van der Waals surface area contributed by atoms with E-state index in [0.29, 0.717) is 12.4 Å². The summed E-state index contributed by atoms with van der Waals surface area (Å²) in [7, 11) is -1.38. The third-order valence-electron chi connectivity index (χ3n) is 6.65. The number of rotatable bonds is 6. The van der Waals surface area contributed by atoms with Gasteiger partial charge in [-0.25, -0.2) is 32.8 Å². The fourth-order valence-corrected chi connectivity index (χ4v) is 5.68. The van der Waals surface area contributed by atoms with Crippen molar-refractivity contribution in [3.05, 3.63) is 88.6 Å². The van der Waals surface area contributed by atoms with Crippen LogP contribution in [0.15, 0.2) is 65.8 Å². The van der Waals surface area contributed by atoms with Crippen LogP contribution in [0.1, 0.15) is 51.1 Å². The van der Waals surface area contributed by atoms with Crippen LogP contribution < -0.4 is 9.62 Å². The molecule has 3 aromatic heterocycles. The molecular formula is C27H29BrFN7OS. The van der Waals surface area contributed by atoms with Crippen molar-refractivity contribution in [1.82, 2.24) is 29.3 Å². The van der Waals surface area contributed by atoms with Crippen molar-refractivity contribution in [1.29, 1.82) is 0 Å². The summed E-state index contributed by atoms with van der Waals surface area (Å²) in [5, 5.41) is 4.28. The first-order valence-electron chi connectivity index (χ1n) is 12.3. The monoisotopic (exact) mass is 597 g/mol. The number of benzene rings is 1. The van der Waals surface area contributed by atoms with Gasteiger partial charge in [0, 0.05) is 41.7 Å². The molecule has 2 unspecified atom stereocenters. The Morgan fingerprint density at radius 3 is 2.39 bits per heavy atom. The van der Waals surface area contributed by atoms with E-state index in [-0.39, 0.29) is 5.82 Å². The standard InChI is InChI=1S/C27H29BrFN7OS/c1-26(2,3)38(37)34-27(4,19-5-7-22(29)8-6-19)20-14-30-24(31-15-20)18-9-11-35(12-10-18)25-23-13-21(28)16-36(23)33-17-32-25/h5-9,13-17,34H,10-12H2,1-4H3. The molecule has 1 aliphatic rings. The molecule has 0 spiro atoms. The van der Waals surface area contributed by atoms with Gasteiger partial charge >= 0.3 is 0 Å². The molecule has 1 aromatic carbocycles. The number of hydrogen-bond donors (Lipinski definition) is 1. The first-order valence-corrected chi connectivity index (χ1v) is 14.2. The summed E-state index contributed by atoms with van der Waals surface area (Å²) in [5.74, 6) is 1.21. The number of hydrogen-bond acceptors (Lipinski definition) is 6. The van der Waals surface area contributed by atoms with Crippen LogP contribution in [-0.4, -0.2) is 46.6 Å². The summed E-state index contributed by atoms with van der Waals surface area (Å²) >= 11 is 3.51. The summed E-state index contributed by atoms with van der Waals surface area (Å²) in [4.78, 5) is 16.1. The van der Waals surface area contributed by atoms with Crippen molar-refractivity contribution in [2.24, 2.45) is 0 Å². The summed E-state index contributed by atoms with van der Waals surface area (Å²) < 4.78 is 32.3. The molecule has 1 aliphatic heterocycles. The van der Waals surface area contributed by atoms with E-state index in [1.54, 1.807) is 30.9 Å². The molecule has 4 aromatic rings. The van der Waals surface area contributed by atoms with Gasteiger partial charge in [-0.1, -0.05) is 18.2 Å². The second-order valence-electron chi connectivity index (χ2n) is 10.4. The third-order valence-corrected chi connectivity index (χ3v) is 8.79. The quantitative estimate of drug-likeness (QED) is 0.335. The van der Waals surface area contributed by atoms with Gasteiger partial charge in [-0.3, -0.25) is 0 Å². The Morgan fingerprint density at radius 2 is 1.76 bits per heavy atom. The van der Waals surface area contributed by atoms with Gasteiger partial charge in [0.1, 0.15) is 17.7 Å². The van der Waals surface area contributed by atoms with Crippen molar-refractivity contribution in [2.75, 3.05) is 18.0 Å². The van der Waals surface area contributed by atoms with Crippen molar-refractivity contribution < 1.29 is 8.60 Å². The van der Waals surface area contributed by atoms with Crippen molar-refractivity contribution in [2.45, 2.75) is 44.4 Å². The highest BCUT2D eigenvalue weighted by Gasteiger charge is 2.35. The minimum atomic E-state index is -1.38. The fraction of sp³-hybridized carbons (Fsp3) is 0.333. The second kappa shape index (κ2) is 10.3. The van der Waals surface area contributed by atoms with Crippen LogP contribution in [0.4, 0.5) is 10.2 Å². The SMILES string of the molecule is CC(NS(=O)C(C)(C)C)(c1ccc(F)cc1)c1cnc(C2=CCN(c3ncnn4cc(Br)cc34)CC2)nc1. The Balaban J connectivity index is 1.40. The number of halogens is 2. The topological polar surface area (TPSA) is 88.3 Å². The van der Waals surface area contributed by atoms with Crippen LogP contribution in [0.2, 0.25) is 0 Å². The van der Waals surface area contributed by atoms with Crippen molar-refractivity contribution in [3.63, 3.8) is 0 Å². The lowest BCUT2D eigenvalue weighted by Gasteiger charge is -2.34. The smallest absolute Gasteiger partial charge is 0.156 e. The molecule has 0 saturated carbocycles. The third kappa shape index (κ3) is 5.27. The average molecular weight is 599 g/mol. The molecule has 0 amide bonds. The first kappa shape index (κ1) is 26.6. The van der Waals surface area contributed by atoms with E-state index in [0.717, 1.165) is 45.5 Å². The maximum atomic E-state index is 13.7. The number of aromatic nitrogens is 5. The van der Waals surface area contributed by atoms with Crippen LogP contribution in [0.3, 0.4) is 0 Å². The Morgan fingerprint density at radius 1 is 1.05 bits per heavy atom. The largest absolute Gasteiger partial charge is 0.351 e. The van der Waals surface area contributed by atoms with Gasteiger partial charge in [0.05, 0.1) is 21.3 Å². The van der Waals surface area contributed by atoms with Gasteiger partial charge in [0.2, 0.25) is 0 Å². The molecule has 38 heavy (non-hydrogen) atoms. The minimum absolute atomic E-state index is 0.328. The van der Waals surface area contributed by atoms with E-state index in [9.17, 15) is 8.60 Å². The molecule has 2 atom stereocenters. The highest BCUT2D eigenvalue weighted by Crippen LogP contribution is 2.32. The molecule has 1 N–H and O–H groups in total. The highest BCUT2D eigenvalue weighted by molar-refractivity contribution is 9.10. The zero-order valence-corrected chi connectivity index (χ0v) is 24.1. The summed E-state index contributed by atoms with van der Waals surface area (Å²) in [6.07, 6.45) is 9.89. The predicted molar refractivity (Wildman–Crippen MR) is 151 cm³/mol. The maximum Gasteiger partial charge on any atom is 0.156 e. The number of fused-ring (bicyclic) bond motifs is 1. The maximum absolute atomic E-state index is 13.7. The van der Waals surface area contributed by atoms with Crippen LogP contribution in [0.25, 0.3) is 11.1 Å². The van der Waals surface area contributed by atoms with E-state index < -0.39 is 21.3 Å². The number of nitrogens with zero attached hydrogens (tertiary/aromatic N) is 6. The van der Waals surface area contributed by atoms with Crippen LogP contribution in [-0.2, 0) is 16.5 Å². The predicted octanol–water partition coefficient (Wildman–Crippen LogP) is 5.03. The van der Waals surface area contributed by atoms with E-state index in [4.69, 9.17) is 0 Å². The normalized spacial score (nSPS) is 16.8. The molecule has 0 bridgehead atoms. The van der Waals surface area contributed by atoms with Gasteiger partial charge in [-0.15, -0.1) is 0 Å². The van der Waals surface area contributed by atoms with E-state index in [1.165, 1.54) is 12.1 Å². The summed E-state index contributed by atoms with van der Waals surface area (Å²) in [5.41, 5.74) is 2.63. The van der Waals surface area contributed by atoms with Gasteiger partial charge < -0.3 is 4.90 Å². The second-order valence-corrected chi connectivity index (χ2v) is 13.3. The van der Waals surface area contributed by atoms with Gasteiger partial charge in [-0.05, 0) is 79.4 Å². The molecule has 11 heteroatoms. The molecule has 4 heterocycles. The average Bonchev–Trinajstić information content (AvgIpc) is 3.29. The zero-order valence-electron chi connectivity index (χ0n) is 21.7. The van der Waals surface area contributed by atoms with Gasteiger partial charge in [-0.2, -0.15) is 5.10 Å². The minimum Gasteiger partial charge on any atom is -0.351 e. The molecule has 0 saturated heterocycles. The van der Waals surface area contributed by atoms with Crippen LogP contribution in [0.5, 0.6) is 0 Å². The molecular weight excluding hydrogens is 569 g/mol. The van der Waals surface area contributed by atoms with E-state index in [1.807, 2.05) is 44.5 Å². The van der Waals surface area contributed by atoms with Crippen molar-refractivity contribution in [3.8, 4) is 0 Å². The van der Waals surface area contributed by atoms with Crippen LogP contribution in [0, 0.1) is 5.82 Å². The fourth-order valence-electron chi connectivity index (χ4n) is 4.35. The Kier molecular flexibility index (Phi) is 7.19. The van der Waals surface area contributed by atoms with E-state index >= 15 is 0 Å². The Bertz CT molecular complexity index is 1520.